The van der Waals surface area contributed by atoms with Crippen LogP contribution in [0.5, 0.6) is 5.75 Å². The fourth-order valence-electron chi connectivity index (χ4n) is 4.24. The largest absolute Gasteiger partial charge is 0.497 e. The van der Waals surface area contributed by atoms with E-state index >= 15 is 0 Å². The fourth-order valence-corrected chi connectivity index (χ4v) is 4.37. The lowest BCUT2D eigenvalue weighted by Gasteiger charge is -2.12. The highest BCUT2D eigenvalue weighted by Gasteiger charge is 2.20. The van der Waals surface area contributed by atoms with Crippen LogP contribution in [0.2, 0.25) is 5.02 Å². The van der Waals surface area contributed by atoms with E-state index in [1.54, 1.807) is 48.2 Å². The van der Waals surface area contributed by atoms with Crippen molar-refractivity contribution in [2.45, 2.75) is 0 Å². The van der Waals surface area contributed by atoms with Crippen molar-refractivity contribution in [1.29, 1.82) is 0 Å². The zero-order valence-electron chi connectivity index (χ0n) is 18.9. The van der Waals surface area contributed by atoms with Gasteiger partial charge in [-0.15, -0.1) is 0 Å². The summed E-state index contributed by atoms with van der Waals surface area (Å²) in [5.41, 5.74) is 3.72. The third kappa shape index (κ3) is 3.79. The molecule has 3 heterocycles. The summed E-state index contributed by atoms with van der Waals surface area (Å²) in [6.45, 7) is 0. The Balaban J connectivity index is 1.58. The molecule has 0 saturated heterocycles. The highest BCUT2D eigenvalue weighted by atomic mass is 35.5. The van der Waals surface area contributed by atoms with E-state index in [1.165, 1.54) is 18.2 Å². The lowest BCUT2D eigenvalue weighted by atomic mass is 9.96. The van der Waals surface area contributed by atoms with E-state index in [2.05, 4.69) is 5.10 Å². The summed E-state index contributed by atoms with van der Waals surface area (Å²) in [7, 11) is 1.61. The summed E-state index contributed by atoms with van der Waals surface area (Å²) in [5.74, 6) is 0.298. The minimum Gasteiger partial charge on any atom is -0.497 e. The van der Waals surface area contributed by atoms with Gasteiger partial charge in [0.15, 0.2) is 5.65 Å². The summed E-state index contributed by atoms with van der Waals surface area (Å²) in [6, 6.07) is 22.0. The Morgan fingerprint density at radius 1 is 0.889 bits per heavy atom. The molecule has 0 spiro atoms. The van der Waals surface area contributed by atoms with Gasteiger partial charge in [-0.25, -0.2) is 18.7 Å². The van der Waals surface area contributed by atoms with Crippen molar-refractivity contribution in [3.05, 3.63) is 106 Å². The van der Waals surface area contributed by atoms with E-state index in [0.717, 1.165) is 17.0 Å². The number of aromatic nitrogens is 3. The number of benzene rings is 3. The van der Waals surface area contributed by atoms with E-state index in [4.69, 9.17) is 25.7 Å². The van der Waals surface area contributed by atoms with Crippen LogP contribution in [0.1, 0.15) is 0 Å². The normalized spacial score (nSPS) is 11.3. The average Bonchev–Trinajstić information content (AvgIpc) is 3.32. The monoisotopic (exact) mass is 497 g/mol. The molecule has 176 valence electrons. The Labute approximate surface area is 209 Å². The van der Waals surface area contributed by atoms with Gasteiger partial charge in [-0.1, -0.05) is 23.7 Å². The third-order valence-corrected chi connectivity index (χ3v) is 6.22. The Morgan fingerprint density at radius 3 is 2.39 bits per heavy atom. The third-order valence-electron chi connectivity index (χ3n) is 5.97. The number of nitrogens with zero attached hydrogens (tertiary/aromatic N) is 3. The molecule has 8 heteroatoms. The van der Waals surface area contributed by atoms with Crippen LogP contribution in [0, 0.1) is 5.82 Å². The molecule has 0 atom stereocenters. The van der Waals surface area contributed by atoms with E-state index in [9.17, 15) is 9.18 Å². The first-order chi connectivity index (χ1) is 17.5. The first-order valence-corrected chi connectivity index (χ1v) is 11.4. The predicted molar refractivity (Wildman–Crippen MR) is 137 cm³/mol. The van der Waals surface area contributed by atoms with E-state index in [1.807, 2.05) is 30.3 Å². The first kappa shape index (κ1) is 22.0. The number of rotatable bonds is 4. The number of methoxy groups -OCH3 is 1. The Hall–Kier alpha value is -4.49. The number of fused-ring (bicyclic) bond motifs is 2. The van der Waals surface area contributed by atoms with Crippen molar-refractivity contribution in [3.63, 3.8) is 0 Å². The number of hydrogen-bond acceptors (Lipinski definition) is 5. The molecule has 0 aliphatic rings. The molecule has 0 amide bonds. The molecule has 3 aromatic carbocycles. The molecule has 0 bridgehead atoms. The van der Waals surface area contributed by atoms with Gasteiger partial charge in [-0.2, -0.15) is 5.10 Å². The Bertz CT molecular complexity index is 1810. The van der Waals surface area contributed by atoms with Crippen LogP contribution < -0.4 is 10.4 Å². The molecule has 6 aromatic rings. The zero-order valence-corrected chi connectivity index (χ0v) is 19.7. The molecule has 0 aliphatic carbocycles. The second-order valence-electron chi connectivity index (χ2n) is 8.16. The minimum atomic E-state index is -0.555. The van der Waals surface area contributed by atoms with Gasteiger partial charge < -0.3 is 9.15 Å². The van der Waals surface area contributed by atoms with Crippen molar-refractivity contribution in [1.82, 2.24) is 14.6 Å². The van der Waals surface area contributed by atoms with Crippen molar-refractivity contribution >= 4 is 28.2 Å². The maximum atomic E-state index is 14.3. The standard InChI is InChI=1S/C28H17ClFN3O3/c1-35-20-9-4-16(5-10-20)23-15-25-31-22(12-13-33(25)32-23)27-21-14-19(30)8-11-24(21)36-28(34)26(27)17-2-6-18(29)7-3-17/h2-15H,1H3. The summed E-state index contributed by atoms with van der Waals surface area (Å²) in [6.07, 6.45) is 1.76. The van der Waals surface area contributed by atoms with Crippen LogP contribution in [0.15, 0.2) is 94.3 Å². The second-order valence-corrected chi connectivity index (χ2v) is 8.60. The molecule has 0 fully saturated rings. The molecular weight excluding hydrogens is 481 g/mol. The fraction of sp³-hybridized carbons (Fsp3) is 0.0357. The summed E-state index contributed by atoms with van der Waals surface area (Å²) >= 11 is 6.07. The van der Waals surface area contributed by atoms with Crippen LogP contribution in [0.4, 0.5) is 4.39 Å². The van der Waals surface area contributed by atoms with Crippen molar-refractivity contribution < 1.29 is 13.5 Å². The number of halogens is 2. The molecular formula is C28H17ClFN3O3. The topological polar surface area (TPSA) is 69.6 Å². The van der Waals surface area contributed by atoms with E-state index in [-0.39, 0.29) is 11.1 Å². The van der Waals surface area contributed by atoms with Gasteiger partial charge in [-0.3, -0.25) is 0 Å². The molecule has 3 aromatic heterocycles. The molecule has 0 N–H and O–H groups in total. The molecule has 0 unspecified atom stereocenters. The second kappa shape index (κ2) is 8.62. The van der Waals surface area contributed by atoms with Gasteiger partial charge in [0.2, 0.25) is 0 Å². The number of hydrogen-bond donors (Lipinski definition) is 0. The molecule has 0 aliphatic heterocycles. The van der Waals surface area contributed by atoms with Crippen LogP contribution in [-0.4, -0.2) is 21.7 Å². The molecule has 6 rings (SSSR count). The zero-order chi connectivity index (χ0) is 24.8. The number of ether oxygens (including phenoxy) is 1. The molecule has 6 nitrogen and oxygen atoms in total. The lowest BCUT2D eigenvalue weighted by Crippen LogP contribution is -2.07. The van der Waals surface area contributed by atoms with Gasteiger partial charge >= 0.3 is 5.63 Å². The smallest absolute Gasteiger partial charge is 0.344 e. The van der Waals surface area contributed by atoms with Gasteiger partial charge in [0, 0.05) is 33.8 Å². The maximum Gasteiger partial charge on any atom is 0.344 e. The molecule has 0 radical (unpaired) electrons. The summed E-state index contributed by atoms with van der Waals surface area (Å²) in [5, 5.41) is 5.58. The quantitative estimate of drug-likeness (QED) is 0.255. The Morgan fingerprint density at radius 2 is 1.64 bits per heavy atom. The SMILES string of the molecule is COc1ccc(-c2cc3nc(-c4c(-c5ccc(Cl)cc5)c(=O)oc5ccc(F)cc45)ccn3n2)cc1. The van der Waals surface area contributed by atoms with Crippen molar-refractivity contribution in [2.75, 3.05) is 7.11 Å². The van der Waals surface area contributed by atoms with Crippen LogP contribution >= 0.6 is 11.6 Å². The predicted octanol–water partition coefficient (Wildman–Crippen LogP) is 6.64. The molecule has 0 saturated carbocycles. The highest BCUT2D eigenvalue weighted by Crippen LogP contribution is 2.36. The van der Waals surface area contributed by atoms with E-state index in [0.29, 0.717) is 32.9 Å². The first-order valence-electron chi connectivity index (χ1n) is 11.0. The van der Waals surface area contributed by atoms with Crippen LogP contribution in [-0.2, 0) is 0 Å². The van der Waals surface area contributed by atoms with Gasteiger partial charge in [0.05, 0.1) is 24.1 Å². The minimum absolute atomic E-state index is 0.267. The van der Waals surface area contributed by atoms with Crippen molar-refractivity contribution in [3.8, 4) is 39.4 Å². The maximum absolute atomic E-state index is 14.3. The average molecular weight is 498 g/mol. The van der Waals surface area contributed by atoms with Gasteiger partial charge in [0.1, 0.15) is 17.1 Å². The highest BCUT2D eigenvalue weighted by molar-refractivity contribution is 6.30. The van der Waals surface area contributed by atoms with Gasteiger partial charge in [0.25, 0.3) is 0 Å². The van der Waals surface area contributed by atoms with E-state index < -0.39 is 11.4 Å². The molecule has 36 heavy (non-hydrogen) atoms. The summed E-state index contributed by atoms with van der Waals surface area (Å²) in [4.78, 5) is 18.0. The van der Waals surface area contributed by atoms with Crippen LogP contribution in [0.25, 0.3) is 50.3 Å². The van der Waals surface area contributed by atoms with Gasteiger partial charge in [-0.05, 0) is 66.2 Å². The Kier molecular flexibility index (Phi) is 5.27. The van der Waals surface area contributed by atoms with Crippen LogP contribution in [0.3, 0.4) is 0 Å². The van der Waals surface area contributed by atoms with Crippen molar-refractivity contribution in [2.24, 2.45) is 0 Å². The summed E-state index contributed by atoms with van der Waals surface area (Å²) < 4.78 is 26.8. The lowest BCUT2D eigenvalue weighted by molar-refractivity contribution is 0.415.